The number of nitrogens with zero attached hydrogens (tertiary/aromatic N) is 2. The molecule has 25 heavy (non-hydrogen) atoms. The molecule has 0 atom stereocenters. The molecule has 3 aromatic rings. The second kappa shape index (κ2) is 6.71. The second-order valence-electron chi connectivity index (χ2n) is 6.78. The van der Waals surface area contributed by atoms with Gasteiger partial charge in [0, 0.05) is 18.5 Å². The molecule has 4 nitrogen and oxygen atoms in total. The summed E-state index contributed by atoms with van der Waals surface area (Å²) in [6.45, 7) is 3.83. The summed E-state index contributed by atoms with van der Waals surface area (Å²) in [6.07, 6.45) is 5.51. The van der Waals surface area contributed by atoms with E-state index in [1.165, 1.54) is 12.0 Å². The number of amides is 1. The maximum absolute atomic E-state index is 12.8. The third-order valence-corrected chi connectivity index (χ3v) is 4.87. The van der Waals surface area contributed by atoms with Crippen molar-refractivity contribution in [3.8, 4) is 11.5 Å². The summed E-state index contributed by atoms with van der Waals surface area (Å²) in [5.41, 5.74) is 3.88. The van der Waals surface area contributed by atoms with Crippen LogP contribution >= 0.6 is 0 Å². The SMILES string of the molecule is Cc1ccc2nc(-c3ccco3)cc(CC(=O)N3CCCCC3)c2c1. The fraction of sp³-hybridized carbons (Fsp3) is 0.333. The number of hydrogen-bond donors (Lipinski definition) is 0. The second-order valence-corrected chi connectivity index (χ2v) is 6.78. The number of carbonyl (C=O) groups excluding carboxylic acids is 1. The van der Waals surface area contributed by atoms with Gasteiger partial charge in [0.05, 0.1) is 18.2 Å². The maximum atomic E-state index is 12.8. The fourth-order valence-corrected chi connectivity index (χ4v) is 3.52. The van der Waals surface area contributed by atoms with Crippen LogP contribution in [0.25, 0.3) is 22.4 Å². The monoisotopic (exact) mass is 334 g/mol. The number of likely N-dealkylation sites (tertiary alicyclic amines) is 1. The number of fused-ring (bicyclic) bond motifs is 1. The summed E-state index contributed by atoms with van der Waals surface area (Å²) in [5, 5.41) is 1.06. The van der Waals surface area contributed by atoms with Crippen LogP contribution in [0.15, 0.2) is 47.1 Å². The van der Waals surface area contributed by atoms with Crippen molar-refractivity contribution in [2.24, 2.45) is 0 Å². The summed E-state index contributed by atoms with van der Waals surface area (Å²) in [4.78, 5) is 19.5. The van der Waals surface area contributed by atoms with Gasteiger partial charge in [-0.1, -0.05) is 11.6 Å². The van der Waals surface area contributed by atoms with Crippen LogP contribution in [0.2, 0.25) is 0 Å². The number of aryl methyl sites for hydroxylation is 1. The quantitative estimate of drug-likeness (QED) is 0.715. The summed E-state index contributed by atoms with van der Waals surface area (Å²) in [5.74, 6) is 0.938. The molecule has 1 aliphatic rings. The van der Waals surface area contributed by atoms with Crippen LogP contribution in [0.3, 0.4) is 0 Å². The molecule has 0 spiro atoms. The van der Waals surface area contributed by atoms with Crippen LogP contribution in [0.5, 0.6) is 0 Å². The molecule has 0 radical (unpaired) electrons. The van der Waals surface area contributed by atoms with Gasteiger partial charge in [0.15, 0.2) is 5.76 Å². The number of furan rings is 1. The lowest BCUT2D eigenvalue weighted by molar-refractivity contribution is -0.131. The summed E-state index contributed by atoms with van der Waals surface area (Å²) in [7, 11) is 0. The molecule has 0 unspecified atom stereocenters. The highest BCUT2D eigenvalue weighted by molar-refractivity contribution is 5.90. The topological polar surface area (TPSA) is 46.3 Å². The molecule has 0 saturated carbocycles. The molecular formula is C21H22N2O2. The number of benzene rings is 1. The van der Waals surface area contributed by atoms with Gasteiger partial charge in [-0.25, -0.2) is 4.98 Å². The Labute approximate surface area is 147 Å². The minimum atomic E-state index is 0.208. The highest BCUT2D eigenvalue weighted by Crippen LogP contribution is 2.27. The molecule has 1 saturated heterocycles. The van der Waals surface area contributed by atoms with Gasteiger partial charge in [0.25, 0.3) is 0 Å². The Morgan fingerprint density at radius 1 is 1.16 bits per heavy atom. The Kier molecular flexibility index (Phi) is 4.26. The van der Waals surface area contributed by atoms with Crippen molar-refractivity contribution in [3.05, 3.63) is 53.8 Å². The number of piperidine rings is 1. The highest BCUT2D eigenvalue weighted by Gasteiger charge is 2.19. The van der Waals surface area contributed by atoms with E-state index in [2.05, 4.69) is 19.1 Å². The molecule has 0 aliphatic carbocycles. The standard InChI is InChI=1S/C21H22N2O2/c1-15-7-8-18-17(12-15)16(13-19(22-18)20-6-5-11-25-20)14-21(24)23-9-3-2-4-10-23/h5-8,11-13H,2-4,9-10,14H2,1H3. The van der Waals surface area contributed by atoms with Gasteiger partial charge in [-0.2, -0.15) is 0 Å². The van der Waals surface area contributed by atoms with Crippen molar-refractivity contribution in [3.63, 3.8) is 0 Å². The van der Waals surface area contributed by atoms with Crippen LogP contribution in [0, 0.1) is 6.92 Å². The average molecular weight is 334 g/mol. The van der Waals surface area contributed by atoms with E-state index in [4.69, 9.17) is 9.40 Å². The minimum absolute atomic E-state index is 0.208. The first-order valence-corrected chi connectivity index (χ1v) is 8.93. The Morgan fingerprint density at radius 3 is 2.76 bits per heavy atom. The van der Waals surface area contributed by atoms with Gasteiger partial charge < -0.3 is 9.32 Å². The minimum Gasteiger partial charge on any atom is -0.463 e. The van der Waals surface area contributed by atoms with Gasteiger partial charge in [-0.15, -0.1) is 0 Å². The molecule has 3 heterocycles. The number of pyridine rings is 1. The Balaban J connectivity index is 1.74. The number of aromatic nitrogens is 1. The van der Waals surface area contributed by atoms with E-state index in [0.29, 0.717) is 6.42 Å². The van der Waals surface area contributed by atoms with Crippen LogP contribution in [-0.2, 0) is 11.2 Å². The predicted octanol–water partition coefficient (Wildman–Crippen LogP) is 4.36. The summed E-state index contributed by atoms with van der Waals surface area (Å²) in [6, 6.07) is 12.0. The van der Waals surface area contributed by atoms with Gasteiger partial charge >= 0.3 is 0 Å². The lowest BCUT2D eigenvalue weighted by atomic mass is 10.0. The first-order chi connectivity index (χ1) is 12.2. The summed E-state index contributed by atoms with van der Waals surface area (Å²) >= 11 is 0. The third kappa shape index (κ3) is 3.29. The van der Waals surface area contributed by atoms with Crippen molar-refractivity contribution >= 4 is 16.8 Å². The number of rotatable bonds is 3. The van der Waals surface area contributed by atoms with Crippen molar-refractivity contribution in [1.29, 1.82) is 0 Å². The zero-order valence-corrected chi connectivity index (χ0v) is 14.5. The molecule has 2 aromatic heterocycles. The molecule has 4 rings (SSSR count). The predicted molar refractivity (Wildman–Crippen MR) is 98.3 cm³/mol. The van der Waals surface area contributed by atoms with Gasteiger partial charge in [-0.05, 0) is 62.1 Å². The summed E-state index contributed by atoms with van der Waals surface area (Å²) < 4.78 is 5.51. The first kappa shape index (κ1) is 15.9. The maximum Gasteiger partial charge on any atom is 0.227 e. The van der Waals surface area contributed by atoms with E-state index in [1.54, 1.807) is 6.26 Å². The molecular weight excluding hydrogens is 312 g/mol. The number of carbonyl (C=O) groups is 1. The molecule has 0 N–H and O–H groups in total. The van der Waals surface area contributed by atoms with E-state index >= 15 is 0 Å². The molecule has 0 bridgehead atoms. The van der Waals surface area contributed by atoms with E-state index in [1.807, 2.05) is 29.2 Å². The van der Waals surface area contributed by atoms with Crippen LogP contribution < -0.4 is 0 Å². The molecule has 1 amide bonds. The van der Waals surface area contributed by atoms with E-state index in [-0.39, 0.29) is 5.91 Å². The zero-order valence-electron chi connectivity index (χ0n) is 14.5. The molecule has 1 aliphatic heterocycles. The van der Waals surface area contributed by atoms with Crippen molar-refractivity contribution in [2.45, 2.75) is 32.6 Å². The van der Waals surface area contributed by atoms with E-state index in [9.17, 15) is 4.79 Å². The van der Waals surface area contributed by atoms with Crippen LogP contribution in [-0.4, -0.2) is 28.9 Å². The normalized spacial score (nSPS) is 14.8. The number of hydrogen-bond acceptors (Lipinski definition) is 3. The van der Waals surface area contributed by atoms with Crippen molar-refractivity contribution in [2.75, 3.05) is 13.1 Å². The van der Waals surface area contributed by atoms with E-state index in [0.717, 1.165) is 53.9 Å². The van der Waals surface area contributed by atoms with Gasteiger partial charge in [-0.3, -0.25) is 4.79 Å². The van der Waals surface area contributed by atoms with Crippen molar-refractivity contribution < 1.29 is 9.21 Å². The zero-order chi connectivity index (χ0) is 17.2. The smallest absolute Gasteiger partial charge is 0.227 e. The van der Waals surface area contributed by atoms with Crippen LogP contribution in [0.4, 0.5) is 0 Å². The average Bonchev–Trinajstić information content (AvgIpc) is 3.17. The molecule has 1 aromatic carbocycles. The Bertz CT molecular complexity index is 894. The third-order valence-electron chi connectivity index (χ3n) is 4.87. The van der Waals surface area contributed by atoms with Gasteiger partial charge in [0.1, 0.15) is 5.69 Å². The van der Waals surface area contributed by atoms with Gasteiger partial charge in [0.2, 0.25) is 5.91 Å². The highest BCUT2D eigenvalue weighted by atomic mass is 16.3. The van der Waals surface area contributed by atoms with Crippen molar-refractivity contribution in [1.82, 2.24) is 9.88 Å². The molecule has 4 heteroatoms. The fourth-order valence-electron chi connectivity index (χ4n) is 3.52. The first-order valence-electron chi connectivity index (χ1n) is 8.93. The lowest BCUT2D eigenvalue weighted by Gasteiger charge is -2.27. The molecule has 1 fully saturated rings. The van der Waals surface area contributed by atoms with E-state index < -0.39 is 0 Å². The largest absolute Gasteiger partial charge is 0.463 e. The molecule has 128 valence electrons. The van der Waals surface area contributed by atoms with Crippen LogP contribution in [0.1, 0.15) is 30.4 Å². The lowest BCUT2D eigenvalue weighted by Crippen LogP contribution is -2.36. The Hall–Kier alpha value is -2.62. The Morgan fingerprint density at radius 2 is 2.00 bits per heavy atom.